The first-order valence-electron chi connectivity index (χ1n) is 4.60. The molecule has 1 fully saturated rings. The average Bonchev–Trinajstić information content (AvgIpc) is 2.44. The van der Waals surface area contributed by atoms with Crippen molar-refractivity contribution in [2.45, 2.75) is 44.6 Å². The molecular formula is C9H17FO4. The molecule has 0 aromatic heterocycles. The minimum absolute atomic E-state index is 0.440. The van der Waals surface area contributed by atoms with Crippen LogP contribution >= 0.6 is 0 Å². The van der Waals surface area contributed by atoms with E-state index in [4.69, 9.17) is 14.2 Å². The second-order valence-electron chi connectivity index (χ2n) is 3.83. The number of rotatable bonds is 4. The van der Waals surface area contributed by atoms with Crippen molar-refractivity contribution in [1.82, 2.24) is 0 Å². The van der Waals surface area contributed by atoms with Gasteiger partial charge in [-0.2, -0.15) is 0 Å². The summed E-state index contributed by atoms with van der Waals surface area (Å²) in [4.78, 5) is 0. The van der Waals surface area contributed by atoms with E-state index in [-0.39, 0.29) is 0 Å². The molecule has 0 spiro atoms. The van der Waals surface area contributed by atoms with Crippen molar-refractivity contribution >= 4 is 0 Å². The Kier molecular flexibility index (Phi) is 3.83. The monoisotopic (exact) mass is 208 g/mol. The number of hydrogen-bond acceptors (Lipinski definition) is 4. The molecule has 1 rings (SSSR count). The Balaban J connectivity index is 2.51. The summed E-state index contributed by atoms with van der Waals surface area (Å²) >= 11 is 0. The SMILES string of the molecule is COC1CC(OC(C)(C)O)[C@@H](CF)O1. The van der Waals surface area contributed by atoms with E-state index in [2.05, 4.69) is 0 Å². The average molecular weight is 208 g/mol. The Morgan fingerprint density at radius 2 is 2.21 bits per heavy atom. The highest BCUT2D eigenvalue weighted by Crippen LogP contribution is 2.26. The Morgan fingerprint density at radius 3 is 2.64 bits per heavy atom. The van der Waals surface area contributed by atoms with Crippen LogP contribution in [0.25, 0.3) is 0 Å². The quantitative estimate of drug-likeness (QED) is 0.695. The summed E-state index contributed by atoms with van der Waals surface area (Å²) in [5.74, 6) is -1.27. The zero-order valence-electron chi connectivity index (χ0n) is 8.70. The molecule has 0 aliphatic carbocycles. The summed E-state index contributed by atoms with van der Waals surface area (Å²) in [6, 6.07) is 0. The van der Waals surface area contributed by atoms with Gasteiger partial charge in [0, 0.05) is 13.5 Å². The minimum atomic E-state index is -1.27. The Labute approximate surface area is 83.0 Å². The lowest BCUT2D eigenvalue weighted by Crippen LogP contribution is -2.35. The van der Waals surface area contributed by atoms with Crippen molar-refractivity contribution in [1.29, 1.82) is 0 Å². The molecule has 3 atom stereocenters. The molecule has 14 heavy (non-hydrogen) atoms. The highest BCUT2D eigenvalue weighted by Gasteiger charge is 2.38. The Hall–Kier alpha value is -0.230. The van der Waals surface area contributed by atoms with Gasteiger partial charge in [0.2, 0.25) is 0 Å². The zero-order chi connectivity index (χ0) is 10.8. The second kappa shape index (κ2) is 4.53. The maximum atomic E-state index is 12.5. The fourth-order valence-electron chi connectivity index (χ4n) is 1.46. The van der Waals surface area contributed by atoms with Crippen LogP contribution < -0.4 is 0 Å². The topological polar surface area (TPSA) is 47.9 Å². The second-order valence-corrected chi connectivity index (χ2v) is 3.83. The van der Waals surface area contributed by atoms with Gasteiger partial charge in [-0.1, -0.05) is 0 Å². The summed E-state index contributed by atoms with van der Waals surface area (Å²) in [7, 11) is 1.49. The molecule has 5 heteroatoms. The molecule has 1 aliphatic heterocycles. The number of aliphatic hydroxyl groups is 1. The fourth-order valence-corrected chi connectivity index (χ4v) is 1.46. The first-order valence-corrected chi connectivity index (χ1v) is 4.60. The van der Waals surface area contributed by atoms with Gasteiger partial charge in [0.15, 0.2) is 12.1 Å². The smallest absolute Gasteiger partial charge is 0.160 e. The maximum Gasteiger partial charge on any atom is 0.160 e. The first kappa shape index (κ1) is 11.8. The predicted molar refractivity (Wildman–Crippen MR) is 47.4 cm³/mol. The number of ether oxygens (including phenoxy) is 3. The van der Waals surface area contributed by atoms with Crippen LogP contribution in [0.3, 0.4) is 0 Å². The fraction of sp³-hybridized carbons (Fsp3) is 1.00. The van der Waals surface area contributed by atoms with Crippen molar-refractivity contribution < 1.29 is 23.7 Å². The first-order chi connectivity index (χ1) is 6.46. The van der Waals surface area contributed by atoms with Gasteiger partial charge in [0.1, 0.15) is 12.8 Å². The van der Waals surface area contributed by atoms with Crippen molar-refractivity contribution in [3.63, 3.8) is 0 Å². The van der Waals surface area contributed by atoms with E-state index in [0.29, 0.717) is 6.42 Å². The highest BCUT2D eigenvalue weighted by atomic mass is 19.1. The predicted octanol–water partition coefficient (Wildman–Crippen LogP) is 0.831. The summed E-state index contributed by atoms with van der Waals surface area (Å²) in [6.07, 6.45) is -1.10. The van der Waals surface area contributed by atoms with E-state index in [0.717, 1.165) is 0 Å². The van der Waals surface area contributed by atoms with Crippen LogP contribution in [0.15, 0.2) is 0 Å². The van der Waals surface area contributed by atoms with Gasteiger partial charge >= 0.3 is 0 Å². The van der Waals surface area contributed by atoms with E-state index in [1.165, 1.54) is 21.0 Å². The molecule has 4 nitrogen and oxygen atoms in total. The third kappa shape index (κ3) is 3.16. The Morgan fingerprint density at radius 1 is 1.57 bits per heavy atom. The van der Waals surface area contributed by atoms with E-state index >= 15 is 0 Å². The van der Waals surface area contributed by atoms with Gasteiger partial charge in [-0.05, 0) is 13.8 Å². The molecule has 1 heterocycles. The lowest BCUT2D eigenvalue weighted by molar-refractivity contribution is -0.215. The molecular weight excluding hydrogens is 191 g/mol. The molecule has 2 unspecified atom stereocenters. The van der Waals surface area contributed by atoms with Crippen LogP contribution in [0, 0.1) is 0 Å². The van der Waals surface area contributed by atoms with Crippen LogP contribution in [0.1, 0.15) is 20.3 Å². The summed E-state index contributed by atoms with van der Waals surface area (Å²) in [5.41, 5.74) is 0. The molecule has 0 saturated carbocycles. The third-order valence-electron chi connectivity index (χ3n) is 2.02. The standard InChI is InChI=1S/C9H17FO4/c1-9(2,11)14-6-4-8(12-3)13-7(6)5-10/h6-8,11H,4-5H2,1-3H3/t6?,7-,8?/m1/s1. The summed E-state index contributed by atoms with van der Waals surface area (Å²) in [5, 5.41) is 9.41. The molecule has 1 N–H and O–H groups in total. The summed E-state index contributed by atoms with van der Waals surface area (Å²) < 4.78 is 27.9. The van der Waals surface area contributed by atoms with E-state index in [1.54, 1.807) is 0 Å². The van der Waals surface area contributed by atoms with Crippen molar-refractivity contribution in [2.24, 2.45) is 0 Å². The molecule has 1 saturated heterocycles. The molecule has 0 bridgehead atoms. The van der Waals surface area contributed by atoms with E-state index in [9.17, 15) is 9.50 Å². The molecule has 0 radical (unpaired) electrons. The highest BCUT2D eigenvalue weighted by molar-refractivity contribution is 4.80. The van der Waals surface area contributed by atoms with E-state index in [1.807, 2.05) is 0 Å². The number of halogens is 1. The van der Waals surface area contributed by atoms with Crippen LogP contribution in [0.4, 0.5) is 4.39 Å². The van der Waals surface area contributed by atoms with Gasteiger partial charge in [0.25, 0.3) is 0 Å². The molecule has 0 aromatic rings. The van der Waals surface area contributed by atoms with Gasteiger partial charge in [-0.25, -0.2) is 4.39 Å². The normalized spacial score (nSPS) is 33.6. The molecule has 0 aromatic carbocycles. The van der Waals surface area contributed by atoms with Crippen molar-refractivity contribution in [3.8, 4) is 0 Å². The van der Waals surface area contributed by atoms with Gasteiger partial charge < -0.3 is 19.3 Å². The number of methoxy groups -OCH3 is 1. The van der Waals surface area contributed by atoms with Gasteiger partial charge in [0.05, 0.1) is 6.10 Å². The van der Waals surface area contributed by atoms with Crippen molar-refractivity contribution in [2.75, 3.05) is 13.8 Å². The lowest BCUT2D eigenvalue weighted by Gasteiger charge is -2.25. The van der Waals surface area contributed by atoms with Crippen LogP contribution in [0.2, 0.25) is 0 Å². The largest absolute Gasteiger partial charge is 0.366 e. The molecule has 0 amide bonds. The Bertz CT molecular complexity index is 180. The number of alkyl halides is 1. The number of hydrogen-bond donors (Lipinski definition) is 1. The van der Waals surface area contributed by atoms with Crippen LogP contribution in [0.5, 0.6) is 0 Å². The van der Waals surface area contributed by atoms with Crippen molar-refractivity contribution in [3.05, 3.63) is 0 Å². The summed E-state index contributed by atoms with van der Waals surface area (Å²) in [6.45, 7) is 2.37. The lowest BCUT2D eigenvalue weighted by atomic mass is 10.2. The van der Waals surface area contributed by atoms with E-state index < -0.39 is 31.0 Å². The maximum absolute atomic E-state index is 12.5. The van der Waals surface area contributed by atoms with Crippen LogP contribution in [-0.2, 0) is 14.2 Å². The zero-order valence-corrected chi connectivity index (χ0v) is 8.70. The third-order valence-corrected chi connectivity index (χ3v) is 2.02. The van der Waals surface area contributed by atoms with Crippen LogP contribution in [-0.4, -0.2) is 43.2 Å². The molecule has 84 valence electrons. The van der Waals surface area contributed by atoms with Gasteiger partial charge in [-0.15, -0.1) is 0 Å². The molecule has 1 aliphatic rings. The van der Waals surface area contributed by atoms with Gasteiger partial charge in [-0.3, -0.25) is 0 Å². The minimum Gasteiger partial charge on any atom is -0.366 e.